The SMILES string of the molecule is c1cncc(-c2nc(N3C[C@@H]4COC[C@]4(CN4CCCCC4)C3)c3ccccc3n2)c1. The van der Waals surface area contributed by atoms with Crippen molar-refractivity contribution in [2.75, 3.05) is 50.8 Å². The van der Waals surface area contributed by atoms with E-state index in [9.17, 15) is 0 Å². The van der Waals surface area contributed by atoms with E-state index in [2.05, 4.69) is 39.0 Å². The number of para-hydroxylation sites is 1. The summed E-state index contributed by atoms with van der Waals surface area (Å²) in [5.41, 5.74) is 2.16. The number of piperidine rings is 1. The number of pyridine rings is 1. The second-order valence-corrected chi connectivity index (χ2v) is 9.42. The van der Waals surface area contributed by atoms with Crippen LogP contribution >= 0.6 is 0 Å². The first-order valence-corrected chi connectivity index (χ1v) is 11.5. The fourth-order valence-corrected chi connectivity index (χ4v) is 5.70. The molecule has 0 saturated carbocycles. The molecule has 0 spiro atoms. The highest BCUT2D eigenvalue weighted by atomic mass is 16.5. The number of aromatic nitrogens is 3. The maximum atomic E-state index is 6.03. The fourth-order valence-electron chi connectivity index (χ4n) is 5.70. The number of hydrogen-bond acceptors (Lipinski definition) is 6. The smallest absolute Gasteiger partial charge is 0.163 e. The number of rotatable bonds is 4. The zero-order chi connectivity index (χ0) is 20.7. The molecule has 3 aliphatic rings. The summed E-state index contributed by atoms with van der Waals surface area (Å²) in [5, 5.41) is 1.13. The van der Waals surface area contributed by atoms with Crippen LogP contribution in [0, 0.1) is 11.3 Å². The minimum Gasteiger partial charge on any atom is -0.380 e. The summed E-state index contributed by atoms with van der Waals surface area (Å²) in [6.45, 7) is 7.34. The van der Waals surface area contributed by atoms with Gasteiger partial charge in [0, 0.05) is 54.3 Å². The molecular weight excluding hydrogens is 386 g/mol. The van der Waals surface area contributed by atoms with Gasteiger partial charge in [0.15, 0.2) is 5.82 Å². The first kappa shape index (κ1) is 19.1. The number of ether oxygens (including phenoxy) is 1. The van der Waals surface area contributed by atoms with Crippen LogP contribution in [-0.2, 0) is 4.74 Å². The third kappa shape index (κ3) is 3.48. The topological polar surface area (TPSA) is 54.4 Å². The molecule has 1 aromatic carbocycles. The van der Waals surface area contributed by atoms with Gasteiger partial charge in [0.05, 0.1) is 18.7 Å². The predicted octanol–water partition coefficient (Wildman–Crippen LogP) is 3.63. The summed E-state index contributed by atoms with van der Waals surface area (Å²) in [6, 6.07) is 12.4. The van der Waals surface area contributed by atoms with Crippen LogP contribution in [0.3, 0.4) is 0 Å². The number of likely N-dealkylation sites (tertiary alicyclic amines) is 1. The van der Waals surface area contributed by atoms with Gasteiger partial charge in [-0.05, 0) is 50.2 Å². The second-order valence-electron chi connectivity index (χ2n) is 9.42. The van der Waals surface area contributed by atoms with Gasteiger partial charge in [-0.15, -0.1) is 0 Å². The van der Waals surface area contributed by atoms with Gasteiger partial charge in [-0.3, -0.25) is 4.98 Å². The van der Waals surface area contributed by atoms with Crippen molar-refractivity contribution in [2.24, 2.45) is 11.3 Å². The molecule has 160 valence electrons. The molecule has 0 amide bonds. The number of anilines is 1. The molecule has 6 nitrogen and oxygen atoms in total. The summed E-state index contributed by atoms with van der Waals surface area (Å²) in [6.07, 6.45) is 7.67. The Kier molecular flexibility index (Phi) is 4.84. The molecule has 0 aliphatic carbocycles. The van der Waals surface area contributed by atoms with Crippen LogP contribution in [-0.4, -0.2) is 65.8 Å². The number of hydrogen-bond donors (Lipinski definition) is 0. The van der Waals surface area contributed by atoms with Crippen molar-refractivity contribution in [3.05, 3.63) is 48.8 Å². The molecule has 6 heteroatoms. The van der Waals surface area contributed by atoms with Gasteiger partial charge in [-0.25, -0.2) is 9.97 Å². The maximum absolute atomic E-state index is 6.03. The lowest BCUT2D eigenvalue weighted by atomic mass is 9.80. The van der Waals surface area contributed by atoms with E-state index in [0.29, 0.717) is 5.92 Å². The van der Waals surface area contributed by atoms with E-state index in [1.54, 1.807) is 6.20 Å². The van der Waals surface area contributed by atoms with Gasteiger partial charge < -0.3 is 14.5 Å². The molecule has 31 heavy (non-hydrogen) atoms. The molecule has 5 heterocycles. The molecule has 0 bridgehead atoms. The summed E-state index contributed by atoms with van der Waals surface area (Å²) in [4.78, 5) is 19.4. The minimum absolute atomic E-state index is 0.206. The van der Waals surface area contributed by atoms with E-state index in [4.69, 9.17) is 14.7 Å². The fraction of sp³-hybridized carbons (Fsp3) is 0.480. The van der Waals surface area contributed by atoms with Crippen molar-refractivity contribution in [1.82, 2.24) is 19.9 Å². The molecule has 0 radical (unpaired) electrons. The number of nitrogens with zero attached hydrogens (tertiary/aromatic N) is 5. The highest BCUT2D eigenvalue weighted by Gasteiger charge is 2.52. The molecule has 3 aliphatic heterocycles. The van der Waals surface area contributed by atoms with Crippen molar-refractivity contribution in [2.45, 2.75) is 19.3 Å². The standard InChI is InChI=1S/C25H29N5O/c1-4-11-29(12-5-1)16-25-17-30(14-20(25)15-31-18-25)24-21-8-2-3-9-22(21)27-23(28-24)19-7-6-10-26-13-19/h2-3,6-10,13,20H,1,4-5,11-12,14-18H2/t20-,25+/m1/s1. The molecule has 3 saturated heterocycles. The minimum atomic E-state index is 0.206. The average Bonchev–Trinajstić information content (AvgIpc) is 3.36. The Morgan fingerprint density at radius 3 is 2.81 bits per heavy atom. The number of fused-ring (bicyclic) bond motifs is 2. The van der Waals surface area contributed by atoms with Gasteiger partial charge in [-0.2, -0.15) is 0 Å². The summed E-state index contributed by atoms with van der Waals surface area (Å²) < 4.78 is 6.03. The van der Waals surface area contributed by atoms with Crippen LogP contribution in [0.5, 0.6) is 0 Å². The summed E-state index contributed by atoms with van der Waals surface area (Å²) in [5.74, 6) is 2.36. The van der Waals surface area contributed by atoms with E-state index < -0.39 is 0 Å². The molecule has 3 aromatic rings. The van der Waals surface area contributed by atoms with Crippen LogP contribution in [0.15, 0.2) is 48.8 Å². The molecule has 2 atom stereocenters. The number of benzene rings is 1. The van der Waals surface area contributed by atoms with Crippen LogP contribution in [0.4, 0.5) is 5.82 Å². The van der Waals surface area contributed by atoms with Crippen LogP contribution in [0.1, 0.15) is 19.3 Å². The van der Waals surface area contributed by atoms with Gasteiger partial charge in [0.2, 0.25) is 0 Å². The predicted molar refractivity (Wildman–Crippen MR) is 122 cm³/mol. The normalized spacial score (nSPS) is 26.5. The highest BCUT2D eigenvalue weighted by Crippen LogP contribution is 2.44. The molecule has 3 fully saturated rings. The highest BCUT2D eigenvalue weighted by molar-refractivity contribution is 5.91. The van der Waals surface area contributed by atoms with Crippen LogP contribution < -0.4 is 4.90 Å². The van der Waals surface area contributed by atoms with Gasteiger partial charge in [-0.1, -0.05) is 18.6 Å². The van der Waals surface area contributed by atoms with E-state index >= 15 is 0 Å². The van der Waals surface area contributed by atoms with Crippen LogP contribution in [0.25, 0.3) is 22.3 Å². The van der Waals surface area contributed by atoms with E-state index in [1.165, 1.54) is 32.4 Å². The van der Waals surface area contributed by atoms with Crippen molar-refractivity contribution in [3.63, 3.8) is 0 Å². The van der Waals surface area contributed by atoms with Crippen LogP contribution in [0.2, 0.25) is 0 Å². The van der Waals surface area contributed by atoms with Gasteiger partial charge >= 0.3 is 0 Å². The molecule has 6 rings (SSSR count). The Morgan fingerprint density at radius 1 is 1.03 bits per heavy atom. The lowest BCUT2D eigenvalue weighted by molar-refractivity contribution is 0.104. The molecule has 0 N–H and O–H groups in total. The third-order valence-corrected chi connectivity index (χ3v) is 7.31. The van der Waals surface area contributed by atoms with Crippen molar-refractivity contribution >= 4 is 16.7 Å². The average molecular weight is 416 g/mol. The van der Waals surface area contributed by atoms with Crippen molar-refractivity contribution in [1.29, 1.82) is 0 Å². The zero-order valence-electron chi connectivity index (χ0n) is 17.9. The van der Waals surface area contributed by atoms with E-state index in [-0.39, 0.29) is 5.41 Å². The first-order chi connectivity index (χ1) is 15.3. The Balaban J connectivity index is 1.37. The Morgan fingerprint density at radius 2 is 1.94 bits per heavy atom. The zero-order valence-corrected chi connectivity index (χ0v) is 17.9. The van der Waals surface area contributed by atoms with Gasteiger partial charge in [0.25, 0.3) is 0 Å². The Bertz CT molecular complexity index is 1070. The largest absolute Gasteiger partial charge is 0.380 e. The molecule has 2 aromatic heterocycles. The molecular formula is C25H29N5O. The van der Waals surface area contributed by atoms with E-state index in [0.717, 1.165) is 61.0 Å². The van der Waals surface area contributed by atoms with E-state index in [1.807, 2.05) is 18.3 Å². The first-order valence-electron chi connectivity index (χ1n) is 11.5. The quantitative estimate of drug-likeness (QED) is 0.649. The lowest BCUT2D eigenvalue weighted by Gasteiger charge is -2.36. The monoisotopic (exact) mass is 415 g/mol. The second kappa shape index (κ2) is 7.84. The summed E-state index contributed by atoms with van der Waals surface area (Å²) >= 11 is 0. The Hall–Kier alpha value is -2.57. The van der Waals surface area contributed by atoms with Gasteiger partial charge in [0.1, 0.15) is 5.82 Å². The lowest BCUT2D eigenvalue weighted by Crippen LogP contribution is -2.45. The summed E-state index contributed by atoms with van der Waals surface area (Å²) in [7, 11) is 0. The van der Waals surface area contributed by atoms with Crippen molar-refractivity contribution < 1.29 is 4.74 Å². The third-order valence-electron chi connectivity index (χ3n) is 7.31. The Labute approximate surface area is 183 Å². The van der Waals surface area contributed by atoms with Crippen molar-refractivity contribution in [3.8, 4) is 11.4 Å². The molecule has 0 unspecified atom stereocenters. The maximum Gasteiger partial charge on any atom is 0.163 e.